The number of nitrogens with zero attached hydrogens (tertiary/aromatic N) is 4. The highest BCUT2D eigenvalue weighted by Gasteiger charge is 2.25. The second kappa shape index (κ2) is 6.82. The van der Waals surface area contributed by atoms with Gasteiger partial charge in [-0.2, -0.15) is 0 Å². The summed E-state index contributed by atoms with van der Waals surface area (Å²) in [4.78, 5) is 26.5. The minimum atomic E-state index is -0.0177. The molecule has 2 aromatic rings. The average Bonchev–Trinajstić information content (AvgIpc) is 2.67. The smallest absolute Gasteiger partial charge is 0.277 e. The zero-order valence-electron chi connectivity index (χ0n) is 14.7. The summed E-state index contributed by atoms with van der Waals surface area (Å²) in [6, 6.07) is 9.99. The van der Waals surface area contributed by atoms with E-state index in [0.29, 0.717) is 11.6 Å². The van der Waals surface area contributed by atoms with Crippen molar-refractivity contribution in [2.45, 2.75) is 39.0 Å². The number of fused-ring (bicyclic) bond motifs is 1. The van der Waals surface area contributed by atoms with Crippen LogP contribution in [0, 0.1) is 6.92 Å². The molecule has 4 rings (SSSR count). The molecule has 0 saturated carbocycles. The summed E-state index contributed by atoms with van der Waals surface area (Å²) in [5, 5.41) is 0. The summed E-state index contributed by atoms with van der Waals surface area (Å²) in [5.74, 6) is 0.684. The number of benzene rings is 1. The number of piperidine rings is 1. The molecule has 5 heteroatoms. The van der Waals surface area contributed by atoms with E-state index < -0.39 is 0 Å². The fraction of sp³-hybridized carbons (Fsp3) is 0.450. The predicted octanol–water partition coefficient (Wildman–Crippen LogP) is 3.37. The lowest BCUT2D eigenvalue weighted by Crippen LogP contribution is -2.37. The van der Waals surface area contributed by atoms with E-state index in [9.17, 15) is 4.79 Å². The van der Waals surface area contributed by atoms with Crippen molar-refractivity contribution in [3.8, 4) is 0 Å². The Morgan fingerprint density at radius 3 is 2.64 bits per heavy atom. The fourth-order valence-electron chi connectivity index (χ4n) is 3.78. The van der Waals surface area contributed by atoms with Crippen LogP contribution in [0.25, 0.3) is 0 Å². The number of amides is 1. The summed E-state index contributed by atoms with van der Waals surface area (Å²) < 4.78 is 0. The first-order valence-electron chi connectivity index (χ1n) is 9.23. The highest BCUT2D eigenvalue weighted by molar-refractivity contribution is 6.05. The van der Waals surface area contributed by atoms with Crippen LogP contribution in [0.3, 0.4) is 0 Å². The van der Waals surface area contributed by atoms with Gasteiger partial charge in [-0.3, -0.25) is 4.79 Å². The third-order valence-corrected chi connectivity index (χ3v) is 5.06. The highest BCUT2D eigenvalue weighted by atomic mass is 16.2. The summed E-state index contributed by atoms with van der Waals surface area (Å²) >= 11 is 0. The lowest BCUT2D eigenvalue weighted by atomic mass is 10.0. The third kappa shape index (κ3) is 3.23. The summed E-state index contributed by atoms with van der Waals surface area (Å²) in [6.07, 6.45) is 5.62. The topological polar surface area (TPSA) is 49.3 Å². The van der Waals surface area contributed by atoms with Gasteiger partial charge in [0, 0.05) is 31.0 Å². The zero-order chi connectivity index (χ0) is 17.2. The molecule has 2 aliphatic heterocycles. The number of para-hydroxylation sites is 1. The largest absolute Gasteiger partial charge is 0.341 e. The van der Waals surface area contributed by atoms with Crippen LogP contribution in [0.2, 0.25) is 0 Å². The average molecular weight is 336 g/mol. The number of anilines is 2. The van der Waals surface area contributed by atoms with Gasteiger partial charge in [-0.05, 0) is 56.7 Å². The Morgan fingerprint density at radius 1 is 1.00 bits per heavy atom. The first-order valence-corrected chi connectivity index (χ1v) is 9.23. The van der Waals surface area contributed by atoms with Crippen molar-refractivity contribution in [3.63, 3.8) is 0 Å². The second-order valence-electron chi connectivity index (χ2n) is 6.93. The van der Waals surface area contributed by atoms with E-state index in [-0.39, 0.29) is 5.91 Å². The maximum atomic E-state index is 13.2. The van der Waals surface area contributed by atoms with E-state index in [0.717, 1.165) is 43.9 Å². The lowest BCUT2D eigenvalue weighted by Gasteiger charge is -2.30. The highest BCUT2D eigenvalue weighted by Crippen LogP contribution is 2.28. The summed E-state index contributed by atoms with van der Waals surface area (Å²) in [7, 11) is 0. The van der Waals surface area contributed by atoms with E-state index in [1.807, 2.05) is 36.1 Å². The molecule has 1 aromatic carbocycles. The summed E-state index contributed by atoms with van der Waals surface area (Å²) in [5.41, 5.74) is 3.62. The molecule has 0 radical (unpaired) electrons. The monoisotopic (exact) mass is 336 g/mol. The van der Waals surface area contributed by atoms with E-state index in [4.69, 9.17) is 0 Å². The van der Waals surface area contributed by atoms with Gasteiger partial charge in [0.25, 0.3) is 5.91 Å². The van der Waals surface area contributed by atoms with Crippen molar-refractivity contribution in [1.29, 1.82) is 0 Å². The number of aromatic nitrogens is 2. The molecule has 0 atom stereocenters. The van der Waals surface area contributed by atoms with Crippen LogP contribution in [0.5, 0.6) is 0 Å². The molecule has 1 fully saturated rings. The van der Waals surface area contributed by atoms with Crippen LogP contribution in [-0.4, -0.2) is 35.5 Å². The predicted molar refractivity (Wildman–Crippen MR) is 99.3 cm³/mol. The van der Waals surface area contributed by atoms with Crippen molar-refractivity contribution in [1.82, 2.24) is 9.97 Å². The third-order valence-electron chi connectivity index (χ3n) is 5.06. The zero-order valence-corrected chi connectivity index (χ0v) is 14.7. The Balaban J connectivity index is 1.65. The quantitative estimate of drug-likeness (QED) is 0.844. The van der Waals surface area contributed by atoms with Gasteiger partial charge in [0.05, 0.1) is 0 Å². The maximum absolute atomic E-state index is 13.2. The molecule has 0 aliphatic carbocycles. The van der Waals surface area contributed by atoms with Crippen LogP contribution in [0.4, 0.5) is 11.6 Å². The van der Waals surface area contributed by atoms with Crippen molar-refractivity contribution in [2.24, 2.45) is 0 Å². The number of carbonyl (C=O) groups is 1. The number of hydrogen-bond acceptors (Lipinski definition) is 4. The molecule has 0 spiro atoms. The fourth-order valence-corrected chi connectivity index (χ4v) is 3.78. The van der Waals surface area contributed by atoms with Crippen LogP contribution in [0.15, 0.2) is 30.3 Å². The van der Waals surface area contributed by atoms with Crippen molar-refractivity contribution < 1.29 is 4.79 Å². The van der Waals surface area contributed by atoms with E-state index >= 15 is 0 Å². The molecule has 0 bridgehead atoms. The van der Waals surface area contributed by atoms with Crippen molar-refractivity contribution >= 4 is 17.5 Å². The molecule has 1 saturated heterocycles. The summed E-state index contributed by atoms with van der Waals surface area (Å²) in [6.45, 7) is 4.64. The van der Waals surface area contributed by atoms with Gasteiger partial charge >= 0.3 is 0 Å². The molecule has 130 valence electrons. The number of rotatable bonds is 2. The Morgan fingerprint density at radius 2 is 1.80 bits per heavy atom. The molecule has 0 unspecified atom stereocenters. The van der Waals surface area contributed by atoms with E-state index in [2.05, 4.69) is 20.9 Å². The SMILES string of the molecule is Cc1cc(C(=O)N2CCCc3ccccc32)nc(N2CCCCC2)n1. The number of hydrogen-bond donors (Lipinski definition) is 0. The number of carbonyl (C=O) groups excluding carboxylic acids is 1. The Bertz CT molecular complexity index is 783. The van der Waals surface area contributed by atoms with Crippen LogP contribution in [0.1, 0.15) is 47.4 Å². The maximum Gasteiger partial charge on any atom is 0.277 e. The minimum Gasteiger partial charge on any atom is -0.341 e. The van der Waals surface area contributed by atoms with Gasteiger partial charge < -0.3 is 9.80 Å². The normalized spacial score (nSPS) is 17.3. The molecular weight excluding hydrogens is 312 g/mol. The molecule has 25 heavy (non-hydrogen) atoms. The molecule has 3 heterocycles. The standard InChI is InChI=1S/C20H24N4O/c1-15-14-17(22-20(21-15)23-11-5-2-6-12-23)19(25)24-13-7-9-16-8-3-4-10-18(16)24/h3-4,8,10,14H,2,5-7,9,11-13H2,1H3. The lowest BCUT2D eigenvalue weighted by molar-refractivity contribution is 0.0980. The second-order valence-corrected chi connectivity index (χ2v) is 6.93. The van der Waals surface area contributed by atoms with Crippen molar-refractivity contribution in [3.05, 3.63) is 47.3 Å². The molecule has 1 aromatic heterocycles. The van der Waals surface area contributed by atoms with Gasteiger partial charge in [0.1, 0.15) is 5.69 Å². The van der Waals surface area contributed by atoms with E-state index in [1.54, 1.807) is 0 Å². The molecule has 0 N–H and O–H groups in total. The van der Waals surface area contributed by atoms with Gasteiger partial charge in [0.15, 0.2) is 0 Å². The molecular formula is C20H24N4O. The Labute approximate surface area is 148 Å². The van der Waals surface area contributed by atoms with E-state index in [1.165, 1.54) is 24.8 Å². The molecule has 1 amide bonds. The number of aryl methyl sites for hydroxylation is 2. The van der Waals surface area contributed by atoms with Gasteiger partial charge in [0.2, 0.25) is 5.95 Å². The van der Waals surface area contributed by atoms with Crippen molar-refractivity contribution in [2.75, 3.05) is 29.4 Å². The van der Waals surface area contributed by atoms with Gasteiger partial charge in [-0.25, -0.2) is 9.97 Å². The van der Waals surface area contributed by atoms with Gasteiger partial charge in [-0.15, -0.1) is 0 Å². The molecule has 2 aliphatic rings. The molecule has 5 nitrogen and oxygen atoms in total. The Kier molecular flexibility index (Phi) is 4.38. The first-order chi connectivity index (χ1) is 12.2. The Hall–Kier alpha value is -2.43. The van der Waals surface area contributed by atoms with Crippen LogP contribution in [-0.2, 0) is 6.42 Å². The van der Waals surface area contributed by atoms with Crippen LogP contribution < -0.4 is 9.80 Å². The minimum absolute atomic E-state index is 0.0177. The van der Waals surface area contributed by atoms with Crippen LogP contribution >= 0.6 is 0 Å². The first kappa shape index (κ1) is 16.1. The van der Waals surface area contributed by atoms with Gasteiger partial charge in [-0.1, -0.05) is 18.2 Å².